The van der Waals surface area contributed by atoms with E-state index in [1.807, 2.05) is 6.92 Å². The molecule has 1 atom stereocenters. The molecule has 0 radical (unpaired) electrons. The zero-order valence-electron chi connectivity index (χ0n) is 7.91. The van der Waals surface area contributed by atoms with Crippen LogP contribution in [0.3, 0.4) is 0 Å². The molecule has 0 amide bonds. The second-order valence-corrected chi connectivity index (χ2v) is 3.20. The van der Waals surface area contributed by atoms with Gasteiger partial charge in [-0.25, -0.2) is 0 Å². The third kappa shape index (κ3) is 3.70. The zero-order valence-corrected chi connectivity index (χ0v) is 7.91. The molecule has 0 unspecified atom stereocenters. The number of alkyl halides is 2. The van der Waals surface area contributed by atoms with Crippen LogP contribution in [0.15, 0.2) is 24.3 Å². The molecule has 0 aliphatic rings. The van der Waals surface area contributed by atoms with Gasteiger partial charge in [-0.2, -0.15) is 8.78 Å². The number of ether oxygens (including phenoxy) is 1. The van der Waals surface area contributed by atoms with Crippen LogP contribution in [-0.4, -0.2) is 12.7 Å². The molecule has 0 fully saturated rings. The minimum Gasteiger partial charge on any atom is -0.435 e. The summed E-state index contributed by atoms with van der Waals surface area (Å²) >= 11 is 0. The fourth-order valence-electron chi connectivity index (χ4n) is 1.18. The Morgan fingerprint density at radius 2 is 1.86 bits per heavy atom. The first-order valence-electron chi connectivity index (χ1n) is 4.37. The van der Waals surface area contributed by atoms with Gasteiger partial charge in [0.2, 0.25) is 0 Å². The van der Waals surface area contributed by atoms with E-state index in [0.29, 0.717) is 0 Å². The Bertz CT molecular complexity index is 243. The van der Waals surface area contributed by atoms with Crippen LogP contribution in [0.1, 0.15) is 12.5 Å². The van der Waals surface area contributed by atoms with E-state index >= 15 is 0 Å². The fraction of sp³-hybridized carbons (Fsp3) is 0.400. The lowest BCUT2D eigenvalue weighted by molar-refractivity contribution is -0.0498. The van der Waals surface area contributed by atoms with E-state index in [1.165, 1.54) is 12.1 Å². The van der Waals surface area contributed by atoms with E-state index in [0.717, 1.165) is 12.0 Å². The maximum absolute atomic E-state index is 11.8. The van der Waals surface area contributed by atoms with Gasteiger partial charge in [-0.05, 0) is 31.0 Å². The quantitative estimate of drug-likeness (QED) is 0.810. The van der Waals surface area contributed by atoms with Crippen LogP contribution in [-0.2, 0) is 6.42 Å². The molecular weight excluding hydrogens is 188 g/mol. The zero-order chi connectivity index (χ0) is 10.6. The standard InChI is InChI=1S/C10H13F2NO/c1-7(13)6-8-2-4-9(5-3-8)14-10(11)12/h2-5,7,10H,6,13H2,1H3/t7-/m1/s1. The highest BCUT2D eigenvalue weighted by molar-refractivity contribution is 5.27. The number of hydrogen-bond acceptors (Lipinski definition) is 2. The van der Waals surface area contributed by atoms with E-state index in [-0.39, 0.29) is 11.8 Å². The summed E-state index contributed by atoms with van der Waals surface area (Å²) in [5.74, 6) is 0.174. The SMILES string of the molecule is C[C@@H](N)Cc1ccc(OC(F)F)cc1. The summed E-state index contributed by atoms with van der Waals surface area (Å²) in [4.78, 5) is 0. The molecule has 0 heterocycles. The van der Waals surface area contributed by atoms with Crippen LogP contribution in [0, 0.1) is 0 Å². The Kier molecular flexibility index (Phi) is 3.83. The van der Waals surface area contributed by atoms with E-state index in [1.54, 1.807) is 12.1 Å². The molecule has 0 aliphatic carbocycles. The number of rotatable bonds is 4. The van der Waals surface area contributed by atoms with Crippen molar-refractivity contribution in [3.05, 3.63) is 29.8 Å². The van der Waals surface area contributed by atoms with Crippen LogP contribution in [0.4, 0.5) is 8.78 Å². The molecule has 0 aliphatic heterocycles. The summed E-state index contributed by atoms with van der Waals surface area (Å²) in [6.45, 7) is -0.877. The number of halogens is 2. The molecule has 0 bridgehead atoms. The van der Waals surface area contributed by atoms with E-state index in [4.69, 9.17) is 5.73 Å². The van der Waals surface area contributed by atoms with Crippen molar-refractivity contribution in [2.45, 2.75) is 26.0 Å². The lowest BCUT2D eigenvalue weighted by Gasteiger charge is -2.07. The Morgan fingerprint density at radius 3 is 2.29 bits per heavy atom. The van der Waals surface area contributed by atoms with Gasteiger partial charge in [-0.1, -0.05) is 12.1 Å². The van der Waals surface area contributed by atoms with Crippen LogP contribution in [0.2, 0.25) is 0 Å². The first-order chi connectivity index (χ1) is 6.58. The molecule has 14 heavy (non-hydrogen) atoms. The van der Waals surface area contributed by atoms with Crippen molar-refractivity contribution in [2.24, 2.45) is 5.73 Å². The highest BCUT2D eigenvalue weighted by atomic mass is 19.3. The molecule has 0 aromatic heterocycles. The maximum Gasteiger partial charge on any atom is 0.387 e. The van der Waals surface area contributed by atoms with E-state index < -0.39 is 6.61 Å². The molecule has 2 N–H and O–H groups in total. The Balaban J connectivity index is 2.59. The first kappa shape index (κ1) is 10.9. The van der Waals surface area contributed by atoms with Gasteiger partial charge in [0, 0.05) is 6.04 Å². The lowest BCUT2D eigenvalue weighted by Crippen LogP contribution is -2.17. The van der Waals surface area contributed by atoms with Crippen molar-refractivity contribution in [1.82, 2.24) is 0 Å². The molecular formula is C10H13F2NO. The van der Waals surface area contributed by atoms with Crippen molar-refractivity contribution >= 4 is 0 Å². The van der Waals surface area contributed by atoms with Crippen molar-refractivity contribution in [3.63, 3.8) is 0 Å². The van der Waals surface area contributed by atoms with E-state index in [2.05, 4.69) is 4.74 Å². The van der Waals surface area contributed by atoms with Gasteiger partial charge in [0.05, 0.1) is 0 Å². The van der Waals surface area contributed by atoms with Crippen molar-refractivity contribution < 1.29 is 13.5 Å². The van der Waals surface area contributed by atoms with Gasteiger partial charge >= 0.3 is 6.61 Å². The molecule has 2 nitrogen and oxygen atoms in total. The van der Waals surface area contributed by atoms with Crippen LogP contribution in [0.25, 0.3) is 0 Å². The summed E-state index contributed by atoms with van der Waals surface area (Å²) in [6.07, 6.45) is 0.731. The summed E-state index contributed by atoms with van der Waals surface area (Å²) in [6, 6.07) is 6.58. The van der Waals surface area contributed by atoms with Crippen molar-refractivity contribution in [1.29, 1.82) is 0 Å². The molecule has 0 saturated carbocycles. The average molecular weight is 201 g/mol. The molecule has 1 aromatic rings. The van der Waals surface area contributed by atoms with Gasteiger partial charge in [0.25, 0.3) is 0 Å². The second-order valence-electron chi connectivity index (χ2n) is 3.20. The Labute approximate surface area is 81.7 Å². The summed E-state index contributed by atoms with van der Waals surface area (Å²) < 4.78 is 27.8. The number of hydrogen-bond donors (Lipinski definition) is 1. The monoisotopic (exact) mass is 201 g/mol. The molecule has 1 rings (SSSR count). The molecule has 0 spiro atoms. The van der Waals surface area contributed by atoms with Gasteiger partial charge in [0.15, 0.2) is 0 Å². The van der Waals surface area contributed by atoms with Crippen LogP contribution >= 0.6 is 0 Å². The summed E-state index contributed by atoms with van der Waals surface area (Å²) in [5.41, 5.74) is 6.61. The van der Waals surface area contributed by atoms with Crippen LogP contribution in [0.5, 0.6) is 5.75 Å². The molecule has 1 aromatic carbocycles. The third-order valence-corrected chi connectivity index (χ3v) is 1.71. The largest absolute Gasteiger partial charge is 0.435 e. The first-order valence-corrected chi connectivity index (χ1v) is 4.37. The summed E-state index contributed by atoms with van der Waals surface area (Å²) in [5, 5.41) is 0. The number of benzene rings is 1. The maximum atomic E-state index is 11.8. The van der Waals surface area contributed by atoms with Gasteiger partial charge in [0.1, 0.15) is 5.75 Å². The topological polar surface area (TPSA) is 35.2 Å². The van der Waals surface area contributed by atoms with Crippen molar-refractivity contribution in [2.75, 3.05) is 0 Å². The normalized spacial score (nSPS) is 12.9. The molecule has 0 saturated heterocycles. The van der Waals surface area contributed by atoms with Gasteiger partial charge < -0.3 is 10.5 Å². The molecule has 78 valence electrons. The Hall–Kier alpha value is -1.16. The second kappa shape index (κ2) is 4.91. The van der Waals surface area contributed by atoms with Gasteiger partial charge in [-0.15, -0.1) is 0 Å². The minimum absolute atomic E-state index is 0.0665. The highest BCUT2D eigenvalue weighted by Crippen LogP contribution is 2.15. The third-order valence-electron chi connectivity index (χ3n) is 1.71. The fourth-order valence-corrected chi connectivity index (χ4v) is 1.18. The summed E-state index contributed by atoms with van der Waals surface area (Å²) in [7, 11) is 0. The van der Waals surface area contributed by atoms with Gasteiger partial charge in [-0.3, -0.25) is 0 Å². The predicted molar refractivity (Wildman–Crippen MR) is 50.4 cm³/mol. The smallest absolute Gasteiger partial charge is 0.387 e. The van der Waals surface area contributed by atoms with Crippen molar-refractivity contribution in [3.8, 4) is 5.75 Å². The van der Waals surface area contributed by atoms with E-state index in [9.17, 15) is 8.78 Å². The lowest BCUT2D eigenvalue weighted by atomic mass is 10.1. The average Bonchev–Trinajstić information content (AvgIpc) is 2.06. The highest BCUT2D eigenvalue weighted by Gasteiger charge is 2.04. The Morgan fingerprint density at radius 1 is 1.29 bits per heavy atom. The van der Waals surface area contributed by atoms with Crippen LogP contribution < -0.4 is 10.5 Å². The minimum atomic E-state index is -2.77. The number of nitrogens with two attached hydrogens (primary N) is 1. The molecule has 4 heteroatoms. The predicted octanol–water partition coefficient (Wildman–Crippen LogP) is 2.18.